The third-order valence-corrected chi connectivity index (χ3v) is 2.75. The van der Waals surface area contributed by atoms with Crippen LogP contribution in [0.15, 0.2) is 36.0 Å². The predicted octanol–water partition coefficient (Wildman–Crippen LogP) is 3.16. The molecule has 1 aliphatic heterocycles. The van der Waals surface area contributed by atoms with E-state index in [1.54, 1.807) is 0 Å². The summed E-state index contributed by atoms with van der Waals surface area (Å²) in [5.41, 5.74) is 3.11. The van der Waals surface area contributed by atoms with Gasteiger partial charge in [-0.15, -0.1) is 0 Å². The first-order chi connectivity index (χ1) is 6.49. The van der Waals surface area contributed by atoms with Crippen molar-refractivity contribution in [2.75, 3.05) is 13.1 Å². The molecule has 0 radical (unpaired) electrons. The van der Waals surface area contributed by atoms with Gasteiger partial charge in [-0.05, 0) is 38.8 Å². The lowest BCUT2D eigenvalue weighted by Gasteiger charge is -2.30. The van der Waals surface area contributed by atoms with Crippen molar-refractivity contribution in [3.05, 3.63) is 36.0 Å². The highest BCUT2D eigenvalue weighted by Gasteiger charge is 2.28. The van der Waals surface area contributed by atoms with Gasteiger partial charge in [-0.25, -0.2) is 0 Å². The molecule has 1 heteroatoms. The van der Waals surface area contributed by atoms with Gasteiger partial charge in [-0.3, -0.25) is 4.90 Å². The van der Waals surface area contributed by atoms with Gasteiger partial charge < -0.3 is 0 Å². The topological polar surface area (TPSA) is 3.24 Å². The van der Waals surface area contributed by atoms with Crippen LogP contribution in [0.5, 0.6) is 0 Å². The van der Waals surface area contributed by atoms with Crippen molar-refractivity contribution >= 4 is 0 Å². The van der Waals surface area contributed by atoms with E-state index in [1.807, 2.05) is 6.08 Å². The Morgan fingerprint density at radius 2 is 1.79 bits per heavy atom. The van der Waals surface area contributed by atoms with E-state index in [9.17, 15) is 0 Å². The van der Waals surface area contributed by atoms with Crippen LogP contribution in [0.4, 0.5) is 0 Å². The third-order valence-electron chi connectivity index (χ3n) is 2.75. The molecule has 0 unspecified atom stereocenters. The van der Waals surface area contributed by atoms with Gasteiger partial charge in [0.25, 0.3) is 0 Å². The predicted molar refractivity (Wildman–Crippen MR) is 63.4 cm³/mol. The molecule has 14 heavy (non-hydrogen) atoms. The summed E-state index contributed by atoms with van der Waals surface area (Å²) in [5, 5.41) is 0. The molecule has 0 amide bonds. The molecule has 1 nitrogen and oxygen atoms in total. The Hall–Kier alpha value is -0.820. The van der Waals surface area contributed by atoms with E-state index in [0.717, 1.165) is 13.1 Å². The van der Waals surface area contributed by atoms with Gasteiger partial charge in [0.1, 0.15) is 0 Å². The summed E-state index contributed by atoms with van der Waals surface area (Å²) < 4.78 is 0. The van der Waals surface area contributed by atoms with E-state index in [2.05, 4.69) is 51.3 Å². The maximum atomic E-state index is 3.76. The van der Waals surface area contributed by atoms with E-state index in [4.69, 9.17) is 0 Å². The summed E-state index contributed by atoms with van der Waals surface area (Å²) in [4.78, 5) is 2.48. The van der Waals surface area contributed by atoms with Crippen LogP contribution >= 0.6 is 0 Å². The molecular weight excluding hydrogens is 170 g/mol. The molecule has 78 valence electrons. The minimum Gasteiger partial charge on any atom is -0.290 e. The number of nitrogens with zero attached hydrogens (tertiary/aromatic N) is 1. The lowest BCUT2D eigenvalue weighted by Crippen LogP contribution is -2.39. The minimum atomic E-state index is 0.255. The quantitative estimate of drug-likeness (QED) is 0.615. The fourth-order valence-electron chi connectivity index (χ4n) is 1.72. The van der Waals surface area contributed by atoms with Crippen LogP contribution in [-0.2, 0) is 0 Å². The Labute approximate surface area is 87.8 Å². The molecule has 0 bridgehead atoms. The molecule has 0 aromatic carbocycles. The molecule has 1 fully saturated rings. The fourth-order valence-corrected chi connectivity index (χ4v) is 1.72. The summed E-state index contributed by atoms with van der Waals surface area (Å²) in [6.45, 7) is 14.8. The van der Waals surface area contributed by atoms with Crippen LogP contribution in [0.2, 0.25) is 0 Å². The first-order valence-corrected chi connectivity index (χ1v) is 5.21. The highest BCUT2D eigenvalue weighted by Crippen LogP contribution is 2.27. The van der Waals surface area contributed by atoms with Crippen molar-refractivity contribution < 1.29 is 0 Å². The molecular formula is C13H21N. The van der Waals surface area contributed by atoms with Gasteiger partial charge in [0.05, 0.1) is 0 Å². The van der Waals surface area contributed by atoms with E-state index in [1.165, 1.54) is 11.1 Å². The molecule has 0 aromatic heterocycles. The van der Waals surface area contributed by atoms with Gasteiger partial charge in [0.15, 0.2) is 0 Å². The zero-order chi connectivity index (χ0) is 10.8. The maximum Gasteiger partial charge on any atom is 0.0245 e. The molecule has 1 heterocycles. The zero-order valence-corrected chi connectivity index (χ0v) is 9.80. The van der Waals surface area contributed by atoms with Gasteiger partial charge in [0, 0.05) is 18.6 Å². The Kier molecular flexibility index (Phi) is 3.33. The normalized spacial score (nSPS) is 24.9. The van der Waals surface area contributed by atoms with Crippen LogP contribution < -0.4 is 0 Å². The van der Waals surface area contributed by atoms with Gasteiger partial charge >= 0.3 is 0 Å². The summed E-state index contributed by atoms with van der Waals surface area (Å²) in [6.07, 6.45) is 6.22. The number of rotatable bonds is 1. The number of hydrogen-bond acceptors (Lipinski definition) is 1. The van der Waals surface area contributed by atoms with Crippen molar-refractivity contribution in [2.45, 2.75) is 33.2 Å². The highest BCUT2D eigenvalue weighted by molar-refractivity contribution is 5.39. The Morgan fingerprint density at radius 3 is 2.21 bits per heavy atom. The second-order valence-corrected chi connectivity index (χ2v) is 4.77. The van der Waals surface area contributed by atoms with Crippen LogP contribution in [-0.4, -0.2) is 23.5 Å². The van der Waals surface area contributed by atoms with E-state index in [-0.39, 0.29) is 5.54 Å². The van der Waals surface area contributed by atoms with Crippen molar-refractivity contribution in [2.24, 2.45) is 0 Å². The van der Waals surface area contributed by atoms with E-state index >= 15 is 0 Å². The lowest BCUT2D eigenvalue weighted by atomic mass is 10.1. The van der Waals surface area contributed by atoms with Crippen LogP contribution in [0.25, 0.3) is 0 Å². The van der Waals surface area contributed by atoms with Crippen LogP contribution in [0, 0.1) is 0 Å². The lowest BCUT2D eigenvalue weighted by molar-refractivity contribution is 0.185. The molecule has 1 rings (SSSR count). The molecule has 0 spiro atoms. The molecule has 0 aliphatic carbocycles. The number of likely N-dealkylation sites (tertiary alicyclic amines) is 1. The highest BCUT2D eigenvalue weighted by atomic mass is 15.2. The van der Waals surface area contributed by atoms with Gasteiger partial charge in [0.2, 0.25) is 0 Å². The molecule has 1 aliphatic rings. The van der Waals surface area contributed by atoms with Crippen molar-refractivity contribution in [3.63, 3.8) is 0 Å². The minimum absolute atomic E-state index is 0.255. The average molecular weight is 191 g/mol. The van der Waals surface area contributed by atoms with Gasteiger partial charge in [-0.1, -0.05) is 24.8 Å². The standard InChI is InChI=1S/C13H21N/c1-6-8-12-10-14(13(3,4)5)9-11(12)7-2/h6-8H,1,9-10H2,2-5H3/b11-7-,12-8-. The fraction of sp³-hybridized carbons (Fsp3) is 0.538. The summed E-state index contributed by atoms with van der Waals surface area (Å²) >= 11 is 0. The van der Waals surface area contributed by atoms with E-state index < -0.39 is 0 Å². The monoisotopic (exact) mass is 191 g/mol. The SMILES string of the molecule is C=C/C=C1/CN(C(C)(C)C)C/C1=C/C. The van der Waals surface area contributed by atoms with Crippen molar-refractivity contribution in [1.82, 2.24) is 4.90 Å². The largest absolute Gasteiger partial charge is 0.290 e. The Balaban J connectivity index is 2.87. The molecule has 1 saturated heterocycles. The third kappa shape index (κ3) is 2.36. The number of hydrogen-bond donors (Lipinski definition) is 0. The summed E-state index contributed by atoms with van der Waals surface area (Å²) in [7, 11) is 0. The molecule has 0 saturated carbocycles. The first kappa shape index (κ1) is 11.3. The summed E-state index contributed by atoms with van der Waals surface area (Å²) in [6, 6.07) is 0. The molecule has 0 aromatic rings. The molecule has 0 atom stereocenters. The van der Waals surface area contributed by atoms with Crippen LogP contribution in [0.3, 0.4) is 0 Å². The van der Waals surface area contributed by atoms with Crippen molar-refractivity contribution in [1.29, 1.82) is 0 Å². The Bertz CT molecular complexity index is 276. The Morgan fingerprint density at radius 1 is 1.21 bits per heavy atom. The first-order valence-electron chi connectivity index (χ1n) is 5.21. The number of allylic oxidation sites excluding steroid dienone is 3. The zero-order valence-electron chi connectivity index (χ0n) is 9.80. The summed E-state index contributed by atoms with van der Waals surface area (Å²) in [5.74, 6) is 0. The average Bonchev–Trinajstić information content (AvgIpc) is 2.47. The van der Waals surface area contributed by atoms with E-state index in [0.29, 0.717) is 0 Å². The van der Waals surface area contributed by atoms with Crippen molar-refractivity contribution in [3.8, 4) is 0 Å². The second kappa shape index (κ2) is 4.14. The molecule has 0 N–H and O–H groups in total. The van der Waals surface area contributed by atoms with Crippen LogP contribution in [0.1, 0.15) is 27.7 Å². The second-order valence-electron chi connectivity index (χ2n) is 4.77. The smallest absolute Gasteiger partial charge is 0.0245 e. The maximum absolute atomic E-state index is 3.76. The van der Waals surface area contributed by atoms with Gasteiger partial charge in [-0.2, -0.15) is 0 Å².